The Hall–Kier alpha value is -2.53. The molecule has 1 atom stereocenters. The predicted molar refractivity (Wildman–Crippen MR) is 108 cm³/mol. The summed E-state index contributed by atoms with van der Waals surface area (Å²) in [4.78, 5) is 24.1. The number of carbonyl (C=O) groups excluding carboxylic acids is 2. The van der Waals surface area contributed by atoms with Crippen LogP contribution in [0.4, 0.5) is 5.69 Å². The lowest BCUT2D eigenvalue weighted by Gasteiger charge is -2.19. The first-order valence-corrected chi connectivity index (χ1v) is 9.27. The molecule has 0 aliphatic heterocycles. The highest BCUT2D eigenvalue weighted by atomic mass is 35.5. The normalized spacial score (nSPS) is 11.7. The molecule has 2 aromatic rings. The zero-order valence-electron chi connectivity index (χ0n) is 15.8. The number of hydrogen-bond donors (Lipinski definition) is 2. The first-order chi connectivity index (χ1) is 12.8. The Kier molecular flexibility index (Phi) is 7.67. The van der Waals surface area contributed by atoms with E-state index < -0.39 is 6.04 Å². The molecule has 2 N–H and O–H groups in total. The van der Waals surface area contributed by atoms with Crippen LogP contribution < -0.4 is 15.4 Å². The second kappa shape index (κ2) is 9.97. The van der Waals surface area contributed by atoms with Crippen molar-refractivity contribution in [2.75, 3.05) is 11.9 Å². The van der Waals surface area contributed by atoms with Gasteiger partial charge in [-0.2, -0.15) is 0 Å². The van der Waals surface area contributed by atoms with Crippen molar-refractivity contribution in [2.24, 2.45) is 5.92 Å². The average molecular weight is 389 g/mol. The molecule has 0 aromatic heterocycles. The molecule has 0 heterocycles. The summed E-state index contributed by atoms with van der Waals surface area (Å²) in [7, 11) is 0. The quantitative estimate of drug-likeness (QED) is 0.695. The molecule has 2 rings (SSSR count). The Morgan fingerprint density at radius 1 is 1.07 bits per heavy atom. The van der Waals surface area contributed by atoms with E-state index in [4.69, 9.17) is 16.3 Å². The molecule has 2 amide bonds. The highest BCUT2D eigenvalue weighted by molar-refractivity contribution is 6.30. The average Bonchev–Trinajstić information content (AvgIpc) is 2.60. The molecular weight excluding hydrogens is 364 g/mol. The van der Waals surface area contributed by atoms with Crippen molar-refractivity contribution >= 4 is 29.1 Å². The van der Waals surface area contributed by atoms with Gasteiger partial charge < -0.3 is 15.4 Å². The summed E-state index contributed by atoms with van der Waals surface area (Å²) in [6, 6.07) is 13.9. The van der Waals surface area contributed by atoms with Crippen molar-refractivity contribution in [3.8, 4) is 5.75 Å². The second-order valence-corrected chi connectivity index (χ2v) is 7.19. The van der Waals surface area contributed by atoms with E-state index in [1.54, 1.807) is 30.3 Å². The number of amides is 2. The van der Waals surface area contributed by atoms with Crippen molar-refractivity contribution in [2.45, 2.75) is 33.2 Å². The van der Waals surface area contributed by atoms with E-state index in [1.165, 1.54) is 6.92 Å². The van der Waals surface area contributed by atoms with Gasteiger partial charge in [0, 0.05) is 11.9 Å². The van der Waals surface area contributed by atoms with E-state index in [0.717, 1.165) is 5.56 Å². The molecule has 0 spiro atoms. The molecule has 0 fully saturated rings. The Morgan fingerprint density at radius 2 is 1.74 bits per heavy atom. The fourth-order valence-electron chi connectivity index (χ4n) is 2.53. The maximum Gasteiger partial charge on any atom is 0.226 e. The molecule has 1 unspecified atom stereocenters. The number of halogens is 1. The van der Waals surface area contributed by atoms with Crippen LogP contribution in [0, 0.1) is 5.92 Å². The molecule has 2 aromatic carbocycles. The lowest BCUT2D eigenvalue weighted by Crippen LogP contribution is -2.29. The van der Waals surface area contributed by atoms with Gasteiger partial charge in [0.05, 0.1) is 24.8 Å². The summed E-state index contributed by atoms with van der Waals surface area (Å²) in [6.45, 7) is 6.11. The summed E-state index contributed by atoms with van der Waals surface area (Å²) in [5.41, 5.74) is 1.43. The van der Waals surface area contributed by atoms with Crippen LogP contribution in [0.25, 0.3) is 0 Å². The van der Waals surface area contributed by atoms with Gasteiger partial charge in [0.25, 0.3) is 0 Å². The Morgan fingerprint density at radius 3 is 2.37 bits per heavy atom. The van der Waals surface area contributed by atoms with Crippen molar-refractivity contribution in [1.82, 2.24) is 5.32 Å². The third-order valence-corrected chi connectivity index (χ3v) is 4.02. The largest absolute Gasteiger partial charge is 0.491 e. The molecule has 6 heteroatoms. The van der Waals surface area contributed by atoms with Crippen LogP contribution in [-0.4, -0.2) is 18.4 Å². The van der Waals surface area contributed by atoms with Crippen molar-refractivity contribution in [3.63, 3.8) is 0 Å². The van der Waals surface area contributed by atoms with Gasteiger partial charge in [-0.3, -0.25) is 9.59 Å². The maximum atomic E-state index is 12.6. The Bertz CT molecular complexity index is 775. The van der Waals surface area contributed by atoms with Gasteiger partial charge in [0.2, 0.25) is 11.8 Å². The number of carbonyl (C=O) groups is 2. The minimum Gasteiger partial charge on any atom is -0.491 e. The highest BCUT2D eigenvalue weighted by Gasteiger charge is 2.18. The lowest BCUT2D eigenvalue weighted by molar-refractivity contribution is -0.120. The van der Waals surface area contributed by atoms with Gasteiger partial charge in [0.1, 0.15) is 5.75 Å². The van der Waals surface area contributed by atoms with Gasteiger partial charge >= 0.3 is 0 Å². The first kappa shape index (κ1) is 20.8. The third-order valence-electron chi connectivity index (χ3n) is 3.77. The van der Waals surface area contributed by atoms with Crippen LogP contribution in [0.15, 0.2) is 48.5 Å². The van der Waals surface area contributed by atoms with Crippen molar-refractivity contribution in [1.29, 1.82) is 0 Å². The minimum absolute atomic E-state index is 0.0970. The Balaban J connectivity index is 2.09. The standard InChI is InChI=1S/C21H25ClN2O3/c1-14(2)13-27-20-7-5-4-6-18(20)24-21(26)12-19(23-15(3)25)16-8-10-17(22)11-9-16/h4-11,14,19H,12-13H2,1-3H3,(H,23,25)(H,24,26). The molecule has 0 aliphatic carbocycles. The summed E-state index contributed by atoms with van der Waals surface area (Å²) >= 11 is 5.92. The van der Waals surface area contributed by atoms with Crippen LogP contribution in [0.3, 0.4) is 0 Å². The van der Waals surface area contributed by atoms with E-state index in [-0.39, 0.29) is 18.2 Å². The van der Waals surface area contributed by atoms with Gasteiger partial charge in [-0.05, 0) is 35.7 Å². The zero-order valence-corrected chi connectivity index (χ0v) is 16.5. The van der Waals surface area contributed by atoms with Crippen molar-refractivity contribution < 1.29 is 14.3 Å². The zero-order chi connectivity index (χ0) is 19.8. The molecule has 0 aliphatic rings. The predicted octanol–water partition coefficient (Wildman–Crippen LogP) is 4.58. The molecule has 0 saturated carbocycles. The topological polar surface area (TPSA) is 67.4 Å². The molecule has 144 valence electrons. The van der Waals surface area contributed by atoms with Gasteiger partial charge in [-0.1, -0.05) is 49.7 Å². The lowest BCUT2D eigenvalue weighted by atomic mass is 10.0. The van der Waals surface area contributed by atoms with Crippen LogP contribution in [0.5, 0.6) is 5.75 Å². The number of hydrogen-bond acceptors (Lipinski definition) is 3. The molecule has 5 nitrogen and oxygen atoms in total. The highest BCUT2D eigenvalue weighted by Crippen LogP contribution is 2.26. The fraction of sp³-hybridized carbons (Fsp3) is 0.333. The summed E-state index contributed by atoms with van der Waals surface area (Å²) in [5, 5.41) is 6.29. The van der Waals surface area contributed by atoms with E-state index in [2.05, 4.69) is 24.5 Å². The van der Waals surface area contributed by atoms with Gasteiger partial charge in [-0.15, -0.1) is 0 Å². The minimum atomic E-state index is -0.441. The smallest absolute Gasteiger partial charge is 0.226 e. The van der Waals surface area contributed by atoms with E-state index in [0.29, 0.717) is 29.0 Å². The molecule has 0 saturated heterocycles. The van der Waals surface area contributed by atoms with Crippen LogP contribution in [0.2, 0.25) is 5.02 Å². The fourth-order valence-corrected chi connectivity index (χ4v) is 2.66. The summed E-state index contributed by atoms with van der Waals surface area (Å²) in [5.74, 6) is 0.581. The molecular formula is C21H25ClN2O3. The molecule has 0 radical (unpaired) electrons. The number of nitrogens with one attached hydrogen (secondary N) is 2. The number of anilines is 1. The van der Waals surface area contributed by atoms with E-state index in [9.17, 15) is 9.59 Å². The maximum absolute atomic E-state index is 12.6. The van der Waals surface area contributed by atoms with Crippen LogP contribution >= 0.6 is 11.6 Å². The monoisotopic (exact) mass is 388 g/mol. The molecule has 27 heavy (non-hydrogen) atoms. The van der Waals surface area contributed by atoms with E-state index in [1.807, 2.05) is 18.2 Å². The van der Waals surface area contributed by atoms with Crippen LogP contribution in [-0.2, 0) is 9.59 Å². The van der Waals surface area contributed by atoms with Gasteiger partial charge in [0.15, 0.2) is 0 Å². The third kappa shape index (κ3) is 6.94. The molecule has 0 bridgehead atoms. The SMILES string of the molecule is CC(=O)NC(CC(=O)Nc1ccccc1OCC(C)C)c1ccc(Cl)cc1. The number of rotatable bonds is 8. The van der Waals surface area contributed by atoms with E-state index >= 15 is 0 Å². The summed E-state index contributed by atoms with van der Waals surface area (Å²) in [6.07, 6.45) is 0.0970. The van der Waals surface area contributed by atoms with Gasteiger partial charge in [-0.25, -0.2) is 0 Å². The number of ether oxygens (including phenoxy) is 1. The van der Waals surface area contributed by atoms with Crippen LogP contribution in [0.1, 0.15) is 38.8 Å². The number of para-hydroxylation sites is 2. The first-order valence-electron chi connectivity index (χ1n) is 8.89. The van der Waals surface area contributed by atoms with Crippen molar-refractivity contribution in [3.05, 3.63) is 59.1 Å². The second-order valence-electron chi connectivity index (χ2n) is 6.76. The number of benzene rings is 2. The summed E-state index contributed by atoms with van der Waals surface area (Å²) < 4.78 is 5.77. The Labute approximate surface area is 165 Å².